The predicted molar refractivity (Wildman–Crippen MR) is 108 cm³/mol. The van der Waals surface area contributed by atoms with Crippen LogP contribution in [0.25, 0.3) is 21.2 Å². The van der Waals surface area contributed by atoms with Gasteiger partial charge in [0.05, 0.1) is 4.88 Å². The SMILES string of the molecule is Cc1ccc2cc(-c3ccc(C(=O)NCCN(C)C)s3)ccc2c1C=O. The zero-order chi connectivity index (χ0) is 18.7. The molecule has 4 nitrogen and oxygen atoms in total. The Kier molecular flexibility index (Phi) is 5.49. The largest absolute Gasteiger partial charge is 0.350 e. The second-order valence-electron chi connectivity index (χ2n) is 6.57. The van der Waals surface area contributed by atoms with Gasteiger partial charge in [-0.25, -0.2) is 0 Å². The first-order valence-corrected chi connectivity index (χ1v) is 9.33. The van der Waals surface area contributed by atoms with E-state index in [4.69, 9.17) is 0 Å². The second-order valence-corrected chi connectivity index (χ2v) is 7.66. The molecule has 0 radical (unpaired) electrons. The fourth-order valence-electron chi connectivity index (χ4n) is 2.87. The number of nitrogens with one attached hydrogen (secondary N) is 1. The number of likely N-dealkylation sites (N-methyl/N-ethyl adjacent to an activating group) is 1. The normalized spacial score (nSPS) is 11.1. The third-order valence-electron chi connectivity index (χ3n) is 4.36. The molecule has 0 spiro atoms. The molecule has 26 heavy (non-hydrogen) atoms. The van der Waals surface area contributed by atoms with Crippen LogP contribution in [0.2, 0.25) is 0 Å². The fraction of sp³-hybridized carbons (Fsp3) is 0.238. The Balaban J connectivity index is 1.84. The van der Waals surface area contributed by atoms with E-state index in [-0.39, 0.29) is 5.91 Å². The number of hydrogen-bond acceptors (Lipinski definition) is 4. The molecule has 0 unspecified atom stereocenters. The average Bonchev–Trinajstić information content (AvgIpc) is 3.11. The Morgan fingerprint density at radius 3 is 2.69 bits per heavy atom. The highest BCUT2D eigenvalue weighted by molar-refractivity contribution is 7.17. The maximum Gasteiger partial charge on any atom is 0.261 e. The summed E-state index contributed by atoms with van der Waals surface area (Å²) in [6.07, 6.45) is 0.915. The van der Waals surface area contributed by atoms with Gasteiger partial charge in [-0.2, -0.15) is 0 Å². The monoisotopic (exact) mass is 366 g/mol. The molecule has 3 aromatic rings. The Morgan fingerprint density at radius 1 is 1.15 bits per heavy atom. The third kappa shape index (κ3) is 3.84. The summed E-state index contributed by atoms with van der Waals surface area (Å²) in [5.74, 6) is -0.0391. The van der Waals surface area contributed by atoms with Crippen LogP contribution in [0.1, 0.15) is 25.6 Å². The Morgan fingerprint density at radius 2 is 1.96 bits per heavy atom. The van der Waals surface area contributed by atoms with E-state index in [0.717, 1.165) is 45.2 Å². The van der Waals surface area contributed by atoms with Crippen LogP contribution in [0.5, 0.6) is 0 Å². The van der Waals surface area contributed by atoms with E-state index >= 15 is 0 Å². The zero-order valence-electron chi connectivity index (χ0n) is 15.2. The summed E-state index contributed by atoms with van der Waals surface area (Å²) in [5, 5.41) is 4.93. The highest BCUT2D eigenvalue weighted by atomic mass is 32.1. The van der Waals surface area contributed by atoms with Crippen LogP contribution in [0.4, 0.5) is 0 Å². The lowest BCUT2D eigenvalue weighted by Crippen LogP contribution is -2.30. The Bertz CT molecular complexity index is 960. The number of thiophene rings is 1. The number of carbonyl (C=O) groups excluding carboxylic acids is 2. The molecule has 1 N–H and O–H groups in total. The van der Waals surface area contributed by atoms with Crippen LogP contribution in [0, 0.1) is 6.92 Å². The van der Waals surface area contributed by atoms with Crippen molar-refractivity contribution in [1.82, 2.24) is 10.2 Å². The molecule has 0 bridgehead atoms. The van der Waals surface area contributed by atoms with Gasteiger partial charge in [0, 0.05) is 23.5 Å². The van der Waals surface area contributed by atoms with Crippen molar-refractivity contribution in [2.24, 2.45) is 0 Å². The molecule has 3 rings (SSSR count). The molecule has 0 atom stereocenters. The molecule has 1 aromatic heterocycles. The third-order valence-corrected chi connectivity index (χ3v) is 5.49. The maximum absolute atomic E-state index is 12.2. The van der Waals surface area contributed by atoms with Gasteiger partial charge < -0.3 is 10.2 Å². The molecule has 0 aliphatic carbocycles. The van der Waals surface area contributed by atoms with E-state index < -0.39 is 0 Å². The number of fused-ring (bicyclic) bond motifs is 1. The van der Waals surface area contributed by atoms with Gasteiger partial charge in [-0.3, -0.25) is 9.59 Å². The number of rotatable bonds is 6. The van der Waals surface area contributed by atoms with Crippen molar-refractivity contribution >= 4 is 34.3 Å². The standard InChI is InChI=1S/C21H22N2O2S/c1-14-4-5-15-12-16(6-7-17(15)18(14)13-24)19-8-9-20(26-19)21(25)22-10-11-23(2)3/h4-9,12-13H,10-11H2,1-3H3,(H,22,25). The van der Waals surface area contributed by atoms with Crippen molar-refractivity contribution in [3.63, 3.8) is 0 Å². The maximum atomic E-state index is 12.2. The van der Waals surface area contributed by atoms with Crippen molar-refractivity contribution in [2.45, 2.75) is 6.92 Å². The quantitative estimate of drug-likeness (QED) is 0.671. The molecule has 1 heterocycles. The minimum atomic E-state index is -0.0391. The number of benzene rings is 2. The molecule has 0 aliphatic rings. The van der Waals surface area contributed by atoms with Gasteiger partial charge >= 0.3 is 0 Å². The smallest absolute Gasteiger partial charge is 0.261 e. The Labute approximate surface area is 157 Å². The lowest BCUT2D eigenvalue weighted by molar-refractivity contribution is 0.0954. The fourth-order valence-corrected chi connectivity index (χ4v) is 3.79. The number of hydrogen-bond donors (Lipinski definition) is 1. The van der Waals surface area contributed by atoms with Gasteiger partial charge in [-0.05, 0) is 61.1 Å². The minimum absolute atomic E-state index is 0.0391. The van der Waals surface area contributed by atoms with Crippen molar-refractivity contribution < 1.29 is 9.59 Å². The van der Waals surface area contributed by atoms with Crippen LogP contribution in [-0.2, 0) is 0 Å². The van der Waals surface area contributed by atoms with Gasteiger partial charge in [0.25, 0.3) is 5.91 Å². The van der Waals surface area contributed by atoms with Gasteiger partial charge in [-0.15, -0.1) is 11.3 Å². The van der Waals surface area contributed by atoms with Crippen molar-refractivity contribution in [3.8, 4) is 10.4 Å². The molecule has 0 saturated carbocycles. The van der Waals surface area contributed by atoms with Crippen LogP contribution in [0.15, 0.2) is 42.5 Å². The zero-order valence-corrected chi connectivity index (χ0v) is 16.0. The summed E-state index contributed by atoms with van der Waals surface area (Å²) >= 11 is 1.48. The number of nitrogens with zero attached hydrogens (tertiary/aromatic N) is 1. The van der Waals surface area contributed by atoms with E-state index in [1.807, 2.05) is 62.3 Å². The molecule has 1 amide bonds. The first kappa shape index (κ1) is 18.3. The van der Waals surface area contributed by atoms with Gasteiger partial charge in [0.15, 0.2) is 6.29 Å². The summed E-state index contributed by atoms with van der Waals surface area (Å²) in [6.45, 7) is 3.38. The van der Waals surface area contributed by atoms with Crippen molar-refractivity contribution in [2.75, 3.05) is 27.2 Å². The van der Waals surface area contributed by atoms with Crippen molar-refractivity contribution in [1.29, 1.82) is 0 Å². The number of aldehydes is 1. The Hall–Kier alpha value is -2.50. The van der Waals surface area contributed by atoms with Gasteiger partial charge in [-0.1, -0.05) is 24.3 Å². The van der Waals surface area contributed by atoms with Gasteiger partial charge in [0.1, 0.15) is 0 Å². The van der Waals surface area contributed by atoms with Crippen LogP contribution < -0.4 is 5.32 Å². The molecular weight excluding hydrogens is 344 g/mol. The van der Waals surface area contributed by atoms with Crippen LogP contribution in [-0.4, -0.2) is 44.3 Å². The molecule has 0 aliphatic heterocycles. The summed E-state index contributed by atoms with van der Waals surface area (Å²) in [6, 6.07) is 13.9. The minimum Gasteiger partial charge on any atom is -0.350 e. The summed E-state index contributed by atoms with van der Waals surface area (Å²) < 4.78 is 0. The molecule has 134 valence electrons. The van der Waals surface area contributed by atoms with E-state index in [0.29, 0.717) is 11.4 Å². The summed E-state index contributed by atoms with van der Waals surface area (Å²) in [5.41, 5.74) is 2.77. The summed E-state index contributed by atoms with van der Waals surface area (Å²) in [7, 11) is 3.96. The number of amides is 1. The summed E-state index contributed by atoms with van der Waals surface area (Å²) in [4.78, 5) is 27.4. The molecule has 5 heteroatoms. The number of carbonyl (C=O) groups is 2. The molecule has 2 aromatic carbocycles. The highest BCUT2D eigenvalue weighted by Crippen LogP contribution is 2.31. The predicted octanol–water partition coefficient (Wildman–Crippen LogP) is 3.98. The van der Waals surface area contributed by atoms with E-state index in [9.17, 15) is 9.59 Å². The number of aryl methyl sites for hydroxylation is 1. The lowest BCUT2D eigenvalue weighted by Gasteiger charge is -2.09. The first-order valence-electron chi connectivity index (χ1n) is 8.51. The van der Waals surface area contributed by atoms with Gasteiger partial charge in [0.2, 0.25) is 0 Å². The molecule has 0 saturated heterocycles. The molecular formula is C21H22N2O2S. The van der Waals surface area contributed by atoms with Crippen molar-refractivity contribution in [3.05, 3.63) is 58.5 Å². The lowest BCUT2D eigenvalue weighted by atomic mass is 9.98. The second kappa shape index (κ2) is 7.81. The van der Waals surface area contributed by atoms with E-state index in [1.165, 1.54) is 11.3 Å². The highest BCUT2D eigenvalue weighted by Gasteiger charge is 2.11. The average molecular weight is 366 g/mol. The topological polar surface area (TPSA) is 49.4 Å². The van der Waals surface area contributed by atoms with Crippen LogP contribution in [0.3, 0.4) is 0 Å². The molecule has 0 fully saturated rings. The van der Waals surface area contributed by atoms with E-state index in [1.54, 1.807) is 0 Å². The van der Waals surface area contributed by atoms with Crippen LogP contribution >= 0.6 is 11.3 Å². The van der Waals surface area contributed by atoms with E-state index in [2.05, 4.69) is 11.4 Å². The first-order chi connectivity index (χ1) is 12.5.